The van der Waals surface area contributed by atoms with Gasteiger partial charge in [-0.05, 0) is 5.92 Å². The summed E-state index contributed by atoms with van der Waals surface area (Å²) in [5.74, 6) is 0.590. The largest absolute Gasteiger partial charge is 0.379 e. The number of hydrogen-bond donors (Lipinski definition) is 0. The summed E-state index contributed by atoms with van der Waals surface area (Å²) in [4.78, 5) is 0. The van der Waals surface area contributed by atoms with Crippen LogP contribution in [0.2, 0.25) is 0 Å². The van der Waals surface area contributed by atoms with Crippen LogP contribution in [0, 0.1) is 5.92 Å². The van der Waals surface area contributed by atoms with Gasteiger partial charge in [0, 0.05) is 6.61 Å². The van der Waals surface area contributed by atoms with Crippen molar-refractivity contribution in [1.82, 2.24) is 0 Å². The molecule has 4 heteroatoms. The van der Waals surface area contributed by atoms with Crippen molar-refractivity contribution in [3.05, 3.63) is 0 Å². The van der Waals surface area contributed by atoms with Gasteiger partial charge in [0.2, 0.25) is 0 Å². The van der Waals surface area contributed by atoms with Crippen molar-refractivity contribution < 1.29 is 18.9 Å². The molecule has 0 aromatic rings. The van der Waals surface area contributed by atoms with E-state index in [1.807, 2.05) is 0 Å². The Balaban J connectivity index is 1.65. The zero-order chi connectivity index (χ0) is 10.9. The van der Waals surface area contributed by atoms with Crippen LogP contribution in [0.15, 0.2) is 0 Å². The maximum absolute atomic E-state index is 5.36. The molecule has 0 radical (unpaired) electrons. The molecule has 0 amide bonds. The second-order valence-electron chi connectivity index (χ2n) is 4.11. The first-order valence-electron chi connectivity index (χ1n) is 5.64. The van der Waals surface area contributed by atoms with E-state index in [1.165, 1.54) is 0 Å². The molecule has 1 rings (SSSR count). The molecule has 1 aliphatic heterocycles. The highest BCUT2D eigenvalue weighted by molar-refractivity contribution is 4.66. The molecule has 15 heavy (non-hydrogen) atoms. The van der Waals surface area contributed by atoms with Crippen LogP contribution in [-0.4, -0.2) is 52.4 Å². The summed E-state index contributed by atoms with van der Waals surface area (Å²) in [5, 5.41) is 0. The van der Waals surface area contributed by atoms with Crippen LogP contribution in [-0.2, 0) is 18.9 Å². The maximum Gasteiger partial charge on any atom is 0.104 e. The molecule has 1 heterocycles. The Kier molecular flexibility index (Phi) is 6.92. The van der Waals surface area contributed by atoms with Crippen LogP contribution in [0.4, 0.5) is 0 Å². The summed E-state index contributed by atoms with van der Waals surface area (Å²) >= 11 is 0. The molecule has 0 aliphatic carbocycles. The van der Waals surface area contributed by atoms with Crippen molar-refractivity contribution in [2.45, 2.75) is 20.0 Å². The lowest BCUT2D eigenvalue weighted by Crippen LogP contribution is -2.12. The first-order valence-corrected chi connectivity index (χ1v) is 5.64. The fraction of sp³-hybridized carbons (Fsp3) is 1.00. The molecule has 0 saturated carbocycles. The van der Waals surface area contributed by atoms with Gasteiger partial charge in [-0.1, -0.05) is 13.8 Å². The molecule has 0 spiro atoms. The summed E-state index contributed by atoms with van der Waals surface area (Å²) in [5.41, 5.74) is 0. The second-order valence-corrected chi connectivity index (χ2v) is 4.11. The molecule has 90 valence electrons. The Bertz CT molecular complexity index is 138. The van der Waals surface area contributed by atoms with E-state index in [2.05, 4.69) is 13.8 Å². The Morgan fingerprint density at radius 1 is 1.07 bits per heavy atom. The Morgan fingerprint density at radius 3 is 2.27 bits per heavy atom. The van der Waals surface area contributed by atoms with Gasteiger partial charge in [0.15, 0.2) is 0 Å². The van der Waals surface area contributed by atoms with E-state index < -0.39 is 0 Å². The summed E-state index contributed by atoms with van der Waals surface area (Å²) in [6.45, 7) is 9.22. The first-order chi connectivity index (χ1) is 7.29. The first kappa shape index (κ1) is 12.9. The fourth-order valence-electron chi connectivity index (χ4n) is 1.04. The summed E-state index contributed by atoms with van der Waals surface area (Å²) < 4.78 is 21.0. The predicted molar refractivity (Wildman–Crippen MR) is 57.0 cm³/mol. The molecular weight excluding hydrogens is 196 g/mol. The summed E-state index contributed by atoms with van der Waals surface area (Å²) in [6.07, 6.45) is 0.347. The molecular formula is C11H22O4. The van der Waals surface area contributed by atoms with Crippen LogP contribution in [0.1, 0.15) is 13.8 Å². The normalized spacial score (nSPS) is 19.8. The Hall–Kier alpha value is -0.160. The highest BCUT2D eigenvalue weighted by Gasteiger charge is 2.21. The lowest BCUT2D eigenvalue weighted by molar-refractivity contribution is 0.00725. The van der Waals surface area contributed by atoms with Crippen LogP contribution in [0.3, 0.4) is 0 Å². The second kappa shape index (κ2) is 8.05. The zero-order valence-corrected chi connectivity index (χ0v) is 9.74. The lowest BCUT2D eigenvalue weighted by Gasteiger charge is -2.07. The number of epoxide rings is 1. The molecule has 1 saturated heterocycles. The molecule has 1 unspecified atom stereocenters. The third kappa shape index (κ3) is 8.81. The van der Waals surface area contributed by atoms with Crippen molar-refractivity contribution in [2.75, 3.05) is 46.2 Å². The van der Waals surface area contributed by atoms with Crippen molar-refractivity contribution in [1.29, 1.82) is 0 Å². The van der Waals surface area contributed by atoms with Crippen molar-refractivity contribution in [2.24, 2.45) is 5.92 Å². The van der Waals surface area contributed by atoms with E-state index >= 15 is 0 Å². The van der Waals surface area contributed by atoms with E-state index in [0.717, 1.165) is 13.2 Å². The maximum atomic E-state index is 5.36. The van der Waals surface area contributed by atoms with Crippen molar-refractivity contribution in [3.8, 4) is 0 Å². The Labute approximate surface area is 91.8 Å². The SMILES string of the molecule is CC(C)COCCOCCOCC1CO1. The molecule has 0 aromatic heterocycles. The van der Waals surface area contributed by atoms with Gasteiger partial charge in [-0.3, -0.25) is 0 Å². The number of ether oxygens (including phenoxy) is 4. The van der Waals surface area contributed by atoms with Gasteiger partial charge in [-0.25, -0.2) is 0 Å². The van der Waals surface area contributed by atoms with E-state index in [1.54, 1.807) is 0 Å². The van der Waals surface area contributed by atoms with E-state index in [4.69, 9.17) is 18.9 Å². The lowest BCUT2D eigenvalue weighted by atomic mass is 10.2. The topological polar surface area (TPSA) is 40.2 Å². The molecule has 4 nitrogen and oxygen atoms in total. The quantitative estimate of drug-likeness (QED) is 0.406. The van der Waals surface area contributed by atoms with E-state index in [9.17, 15) is 0 Å². The average molecular weight is 218 g/mol. The van der Waals surface area contributed by atoms with E-state index in [-0.39, 0.29) is 0 Å². The summed E-state index contributed by atoms with van der Waals surface area (Å²) in [6, 6.07) is 0. The highest BCUT2D eigenvalue weighted by atomic mass is 16.6. The molecule has 0 N–H and O–H groups in total. The third-order valence-corrected chi connectivity index (χ3v) is 1.90. The summed E-state index contributed by atoms with van der Waals surface area (Å²) in [7, 11) is 0. The number of rotatable bonds is 10. The minimum atomic E-state index is 0.347. The van der Waals surface area contributed by atoms with Gasteiger partial charge in [-0.2, -0.15) is 0 Å². The highest BCUT2D eigenvalue weighted by Crippen LogP contribution is 2.07. The van der Waals surface area contributed by atoms with Crippen LogP contribution in [0.5, 0.6) is 0 Å². The van der Waals surface area contributed by atoms with Crippen LogP contribution < -0.4 is 0 Å². The standard InChI is InChI=1S/C11H22O4/c1-10(2)7-13-5-3-12-4-6-14-8-11-9-15-11/h10-11H,3-9H2,1-2H3. The van der Waals surface area contributed by atoms with Gasteiger partial charge < -0.3 is 18.9 Å². The smallest absolute Gasteiger partial charge is 0.104 e. The molecule has 1 fully saturated rings. The van der Waals surface area contributed by atoms with Gasteiger partial charge in [0.1, 0.15) is 6.10 Å². The van der Waals surface area contributed by atoms with Crippen LogP contribution in [0.25, 0.3) is 0 Å². The van der Waals surface area contributed by atoms with Crippen molar-refractivity contribution >= 4 is 0 Å². The number of hydrogen-bond acceptors (Lipinski definition) is 4. The molecule has 0 aromatic carbocycles. The van der Waals surface area contributed by atoms with E-state index in [0.29, 0.717) is 45.1 Å². The molecule has 1 aliphatic rings. The monoisotopic (exact) mass is 218 g/mol. The average Bonchev–Trinajstić information content (AvgIpc) is 2.98. The molecule has 1 atom stereocenters. The predicted octanol–water partition coefficient (Wildman–Crippen LogP) is 1.09. The minimum Gasteiger partial charge on any atom is -0.379 e. The fourth-order valence-corrected chi connectivity index (χ4v) is 1.04. The molecule has 0 bridgehead atoms. The zero-order valence-electron chi connectivity index (χ0n) is 9.74. The van der Waals surface area contributed by atoms with Gasteiger partial charge in [-0.15, -0.1) is 0 Å². The van der Waals surface area contributed by atoms with Crippen LogP contribution >= 0.6 is 0 Å². The van der Waals surface area contributed by atoms with Gasteiger partial charge >= 0.3 is 0 Å². The van der Waals surface area contributed by atoms with Crippen molar-refractivity contribution in [3.63, 3.8) is 0 Å². The van der Waals surface area contributed by atoms with Gasteiger partial charge in [0.25, 0.3) is 0 Å². The third-order valence-electron chi connectivity index (χ3n) is 1.90. The minimum absolute atomic E-state index is 0.347. The Morgan fingerprint density at radius 2 is 1.67 bits per heavy atom. The van der Waals surface area contributed by atoms with Gasteiger partial charge in [0.05, 0.1) is 39.6 Å².